The molecule has 0 aliphatic carbocycles. The molecule has 0 saturated carbocycles. The van der Waals surface area contributed by atoms with Crippen LogP contribution in [0.3, 0.4) is 0 Å². The summed E-state index contributed by atoms with van der Waals surface area (Å²) in [4.78, 5) is 44.9. The zero-order valence-corrected chi connectivity index (χ0v) is 29.4. The van der Waals surface area contributed by atoms with Crippen molar-refractivity contribution in [2.24, 2.45) is 11.8 Å². The Morgan fingerprint density at radius 1 is 0.961 bits per heavy atom. The van der Waals surface area contributed by atoms with Crippen molar-refractivity contribution in [1.29, 1.82) is 0 Å². The first-order chi connectivity index (χ1) is 24.5. The molecule has 10 heteroatoms. The molecule has 0 unspecified atom stereocenters. The van der Waals surface area contributed by atoms with Gasteiger partial charge in [-0.25, -0.2) is 0 Å². The van der Waals surface area contributed by atoms with Gasteiger partial charge in [0.25, 0.3) is 11.8 Å². The summed E-state index contributed by atoms with van der Waals surface area (Å²) < 4.78 is 12.0. The number of para-hydroxylation sites is 1. The van der Waals surface area contributed by atoms with Gasteiger partial charge >= 0.3 is 0 Å². The van der Waals surface area contributed by atoms with E-state index >= 15 is 0 Å². The topological polar surface area (TPSA) is 129 Å². The zero-order valence-electron chi connectivity index (χ0n) is 29.4. The lowest BCUT2D eigenvalue weighted by molar-refractivity contribution is -0.150. The average Bonchev–Trinajstić information content (AvgIpc) is 3.54. The summed E-state index contributed by atoms with van der Waals surface area (Å²) in [6.07, 6.45) is -0.850. The number of ether oxygens (including phenoxy) is 2. The van der Waals surface area contributed by atoms with Crippen LogP contribution in [-0.2, 0) is 33.0 Å². The van der Waals surface area contributed by atoms with Gasteiger partial charge in [0.15, 0.2) is 5.60 Å². The summed E-state index contributed by atoms with van der Waals surface area (Å²) in [6, 6.07) is 31.2. The van der Waals surface area contributed by atoms with E-state index < -0.39 is 29.1 Å². The van der Waals surface area contributed by atoms with Crippen LogP contribution >= 0.6 is 0 Å². The van der Waals surface area contributed by atoms with Crippen LogP contribution in [0.2, 0.25) is 0 Å². The van der Waals surface area contributed by atoms with Crippen LogP contribution in [0.25, 0.3) is 0 Å². The fraction of sp³-hybridized carbons (Fsp3) is 0.341. The van der Waals surface area contributed by atoms with E-state index in [2.05, 4.69) is 5.32 Å². The molecule has 0 radical (unpaired) electrons. The average molecular weight is 692 g/mol. The van der Waals surface area contributed by atoms with Crippen molar-refractivity contribution in [2.45, 2.75) is 57.6 Å². The Kier molecular flexibility index (Phi) is 10.3. The number of carbonyl (C=O) groups is 3. The number of nitrogens with zero attached hydrogens (tertiary/aromatic N) is 2. The van der Waals surface area contributed by atoms with Crippen molar-refractivity contribution in [1.82, 2.24) is 4.90 Å². The van der Waals surface area contributed by atoms with Gasteiger partial charge in [0.2, 0.25) is 5.91 Å². The second-order valence-electron chi connectivity index (χ2n) is 13.9. The number of carbonyl (C=O) groups excluding carboxylic acids is 3. The monoisotopic (exact) mass is 691 g/mol. The number of methoxy groups -OCH3 is 1. The molecule has 266 valence electrons. The van der Waals surface area contributed by atoms with Crippen molar-refractivity contribution < 1.29 is 34.1 Å². The van der Waals surface area contributed by atoms with Crippen molar-refractivity contribution in [3.63, 3.8) is 0 Å². The maximum atomic E-state index is 14.8. The standard InChI is InChI=1S/C41H45N3O7/c1-27-37(40(2,3)49)35(24-36(46)43(21-22-45)25-28-11-6-5-7-12-28)51-41(27)33-15-8-9-16-34(33)44(39(41)48)26-29-13-10-14-31(23-29)42-38(47)30-17-19-32(50-4)20-18-30/h5-20,23,27,35,37,45,49H,21-22,24-26H2,1-4H3,(H,42,47)/t27-,35+,37-,41+/m0/s1. The van der Waals surface area contributed by atoms with Gasteiger partial charge in [-0.15, -0.1) is 0 Å². The quantitative estimate of drug-likeness (QED) is 0.179. The first-order valence-corrected chi connectivity index (χ1v) is 17.2. The highest BCUT2D eigenvalue weighted by molar-refractivity contribution is 6.08. The van der Waals surface area contributed by atoms with Crippen LogP contribution in [0.15, 0.2) is 103 Å². The van der Waals surface area contributed by atoms with Gasteiger partial charge in [-0.2, -0.15) is 0 Å². The Labute approximate surface area is 298 Å². The number of nitrogens with one attached hydrogen (secondary N) is 1. The molecule has 1 fully saturated rings. The first-order valence-electron chi connectivity index (χ1n) is 17.2. The van der Waals surface area contributed by atoms with Crippen molar-refractivity contribution in [2.75, 3.05) is 30.5 Å². The molecule has 6 rings (SSSR count). The van der Waals surface area contributed by atoms with Gasteiger partial charge in [-0.05, 0) is 67.4 Å². The highest BCUT2D eigenvalue weighted by Crippen LogP contribution is 2.58. The molecule has 0 aromatic heterocycles. The maximum Gasteiger partial charge on any atom is 0.264 e. The minimum Gasteiger partial charge on any atom is -0.497 e. The van der Waals surface area contributed by atoms with Gasteiger partial charge in [-0.3, -0.25) is 14.4 Å². The van der Waals surface area contributed by atoms with Gasteiger partial charge in [-0.1, -0.05) is 67.6 Å². The van der Waals surface area contributed by atoms with Gasteiger partial charge in [0.1, 0.15) is 5.75 Å². The predicted molar refractivity (Wildman–Crippen MR) is 194 cm³/mol. The van der Waals surface area contributed by atoms with E-state index in [4.69, 9.17) is 9.47 Å². The second kappa shape index (κ2) is 14.7. The lowest BCUT2D eigenvalue weighted by Crippen LogP contribution is -2.46. The van der Waals surface area contributed by atoms with Gasteiger partial charge in [0.05, 0.1) is 44.1 Å². The van der Waals surface area contributed by atoms with E-state index in [-0.39, 0.29) is 43.8 Å². The molecule has 4 atom stereocenters. The van der Waals surface area contributed by atoms with Crippen LogP contribution in [-0.4, -0.2) is 64.8 Å². The van der Waals surface area contributed by atoms with E-state index in [0.717, 1.165) is 11.1 Å². The largest absolute Gasteiger partial charge is 0.497 e. The van der Waals surface area contributed by atoms with E-state index in [0.29, 0.717) is 34.8 Å². The number of hydrogen-bond donors (Lipinski definition) is 3. The molecule has 2 aliphatic rings. The lowest BCUT2D eigenvalue weighted by Gasteiger charge is -2.34. The molecule has 1 spiro atoms. The summed E-state index contributed by atoms with van der Waals surface area (Å²) in [6.45, 7) is 5.76. The predicted octanol–water partition coefficient (Wildman–Crippen LogP) is 5.52. The number of aliphatic hydroxyl groups is 2. The molecule has 10 nitrogen and oxygen atoms in total. The molecule has 3 amide bonds. The van der Waals surface area contributed by atoms with Crippen LogP contribution in [0, 0.1) is 11.8 Å². The normalized spacial score (nSPS) is 21.1. The van der Waals surface area contributed by atoms with Crippen molar-refractivity contribution >= 4 is 29.1 Å². The van der Waals surface area contributed by atoms with E-state index in [1.807, 2.05) is 79.7 Å². The SMILES string of the molecule is COc1ccc(C(=O)Nc2cccc(CN3C(=O)[C@]4(O[C@H](CC(=O)N(CCO)Cc5ccccc5)[C@@H](C(C)(C)O)[C@@H]4C)c4ccccc43)c2)cc1. The van der Waals surface area contributed by atoms with E-state index in [1.165, 1.54) is 0 Å². The smallest absolute Gasteiger partial charge is 0.264 e. The second-order valence-corrected chi connectivity index (χ2v) is 13.9. The third-order valence-corrected chi connectivity index (χ3v) is 10.1. The molecular formula is C41H45N3O7. The third-order valence-electron chi connectivity index (χ3n) is 10.1. The van der Waals surface area contributed by atoms with Crippen LogP contribution in [0.1, 0.15) is 54.2 Å². The molecule has 4 aromatic rings. The molecule has 3 N–H and O–H groups in total. The summed E-state index contributed by atoms with van der Waals surface area (Å²) in [5.74, 6) is -1.19. The van der Waals surface area contributed by atoms with Gasteiger partial charge < -0.3 is 34.8 Å². The minimum atomic E-state index is -1.44. The fourth-order valence-corrected chi connectivity index (χ4v) is 7.78. The summed E-state index contributed by atoms with van der Waals surface area (Å²) in [5.41, 5.74) is 1.43. The highest BCUT2D eigenvalue weighted by atomic mass is 16.5. The Balaban J connectivity index is 1.26. The summed E-state index contributed by atoms with van der Waals surface area (Å²) >= 11 is 0. The number of amides is 3. The molecule has 2 aliphatic heterocycles. The minimum absolute atomic E-state index is 0.0705. The van der Waals surface area contributed by atoms with Crippen molar-refractivity contribution in [3.8, 4) is 5.75 Å². The molecule has 1 saturated heterocycles. The highest BCUT2D eigenvalue weighted by Gasteiger charge is 2.66. The summed E-state index contributed by atoms with van der Waals surface area (Å²) in [7, 11) is 1.57. The number of benzene rings is 4. The number of fused-ring (bicyclic) bond motifs is 2. The number of aliphatic hydroxyl groups excluding tert-OH is 1. The van der Waals surface area contributed by atoms with Crippen LogP contribution in [0.4, 0.5) is 11.4 Å². The summed E-state index contributed by atoms with van der Waals surface area (Å²) in [5, 5.41) is 24.3. The van der Waals surface area contributed by atoms with Crippen LogP contribution < -0.4 is 15.0 Å². The molecule has 0 bridgehead atoms. The Morgan fingerprint density at radius 2 is 1.65 bits per heavy atom. The van der Waals surface area contributed by atoms with E-state index in [1.54, 1.807) is 61.1 Å². The molecular weight excluding hydrogens is 646 g/mol. The molecule has 51 heavy (non-hydrogen) atoms. The maximum absolute atomic E-state index is 14.8. The third kappa shape index (κ3) is 7.12. The number of anilines is 2. The van der Waals surface area contributed by atoms with Crippen molar-refractivity contribution in [3.05, 3.63) is 125 Å². The first kappa shape index (κ1) is 35.8. The van der Waals surface area contributed by atoms with E-state index in [9.17, 15) is 24.6 Å². The number of hydrogen-bond acceptors (Lipinski definition) is 7. The lowest BCUT2D eigenvalue weighted by atomic mass is 9.71. The Bertz CT molecular complexity index is 1870. The molecule has 4 aromatic carbocycles. The molecule has 2 heterocycles. The Hall–Kier alpha value is -5.03. The Morgan fingerprint density at radius 3 is 2.33 bits per heavy atom. The number of rotatable bonds is 12. The van der Waals surface area contributed by atoms with Crippen LogP contribution in [0.5, 0.6) is 5.75 Å². The zero-order chi connectivity index (χ0) is 36.3. The fourth-order valence-electron chi connectivity index (χ4n) is 7.78. The van der Waals surface area contributed by atoms with Gasteiger partial charge in [0, 0.05) is 41.7 Å².